The molecule has 3 aromatic rings. The van der Waals surface area contributed by atoms with E-state index in [1.54, 1.807) is 36.4 Å². The molecule has 0 N–H and O–H groups in total. The van der Waals surface area contributed by atoms with Gasteiger partial charge in [0.2, 0.25) is 6.41 Å². The highest BCUT2D eigenvalue weighted by molar-refractivity contribution is 6.30. The summed E-state index contributed by atoms with van der Waals surface area (Å²) < 4.78 is 0. The highest BCUT2D eigenvalue weighted by Crippen LogP contribution is 2.19. The van der Waals surface area contributed by atoms with Crippen molar-refractivity contribution in [3.63, 3.8) is 0 Å². The summed E-state index contributed by atoms with van der Waals surface area (Å²) in [5.41, 5.74) is 2.91. The lowest BCUT2D eigenvalue weighted by atomic mass is 10.1. The molecule has 0 spiro atoms. The molecule has 3 aromatic carbocycles. The first kappa shape index (κ1) is 26.3. The quantitative estimate of drug-likeness (QED) is 0.223. The van der Waals surface area contributed by atoms with Gasteiger partial charge in [0.25, 0.3) is 11.6 Å². The number of nitro groups is 1. The molecule has 0 saturated carbocycles. The number of piperazine rings is 1. The van der Waals surface area contributed by atoms with E-state index in [4.69, 9.17) is 16.4 Å². The summed E-state index contributed by atoms with van der Waals surface area (Å²) in [6, 6.07) is 20.4. The fourth-order valence-electron chi connectivity index (χ4n) is 4.07. The number of carbonyl (C=O) groups is 2. The van der Waals surface area contributed by atoms with Crippen molar-refractivity contribution in [1.82, 2.24) is 9.80 Å². The average molecular weight is 523 g/mol. The van der Waals surface area contributed by atoms with E-state index < -0.39 is 4.92 Å². The van der Waals surface area contributed by atoms with E-state index in [2.05, 4.69) is 4.90 Å². The van der Waals surface area contributed by atoms with Gasteiger partial charge in [0.15, 0.2) is 0 Å². The van der Waals surface area contributed by atoms with Gasteiger partial charge < -0.3 is 4.90 Å². The standard InChI is InChI=1S/C27H27ClN4O5/c28-24-7-1-21(2-8-24)13-14-29-15-17-30(18-16-29)27(34)23-5-11-25(12-6-23)31(20-33)37-19-22-3-9-26(10-4-22)32(35)36/h1-12,20H,13-19H2. The van der Waals surface area contributed by atoms with Crippen molar-refractivity contribution in [2.75, 3.05) is 37.8 Å². The molecule has 0 bridgehead atoms. The van der Waals surface area contributed by atoms with E-state index in [1.807, 2.05) is 29.2 Å². The van der Waals surface area contributed by atoms with Crippen molar-refractivity contribution in [1.29, 1.82) is 0 Å². The van der Waals surface area contributed by atoms with E-state index in [0.29, 0.717) is 36.3 Å². The Bertz CT molecular complexity index is 1210. The lowest BCUT2D eigenvalue weighted by Crippen LogP contribution is -2.49. The van der Waals surface area contributed by atoms with Crippen LogP contribution in [0.4, 0.5) is 11.4 Å². The molecule has 2 amide bonds. The Balaban J connectivity index is 1.26. The maximum atomic E-state index is 13.0. The van der Waals surface area contributed by atoms with E-state index in [-0.39, 0.29) is 18.2 Å². The molecule has 0 aromatic heterocycles. The van der Waals surface area contributed by atoms with Crippen LogP contribution >= 0.6 is 11.6 Å². The first-order chi connectivity index (χ1) is 17.9. The molecule has 0 aliphatic carbocycles. The van der Waals surface area contributed by atoms with Crippen LogP contribution in [0.25, 0.3) is 0 Å². The van der Waals surface area contributed by atoms with Crippen molar-refractivity contribution >= 4 is 35.3 Å². The van der Waals surface area contributed by atoms with Crippen LogP contribution in [0.1, 0.15) is 21.5 Å². The van der Waals surface area contributed by atoms with Gasteiger partial charge in [0.1, 0.15) is 6.61 Å². The van der Waals surface area contributed by atoms with Crippen LogP contribution in [0.5, 0.6) is 0 Å². The van der Waals surface area contributed by atoms with Gasteiger partial charge in [-0.15, -0.1) is 0 Å². The summed E-state index contributed by atoms with van der Waals surface area (Å²) in [6.45, 7) is 3.92. The molecule has 1 aliphatic heterocycles. The van der Waals surface area contributed by atoms with Gasteiger partial charge in [-0.25, -0.2) is 0 Å². The Labute approximate surface area is 219 Å². The number of benzene rings is 3. The third-order valence-electron chi connectivity index (χ3n) is 6.27. The van der Waals surface area contributed by atoms with E-state index >= 15 is 0 Å². The second-order valence-corrected chi connectivity index (χ2v) is 9.12. The van der Waals surface area contributed by atoms with Gasteiger partial charge >= 0.3 is 0 Å². The predicted octanol–water partition coefficient (Wildman–Crippen LogP) is 4.34. The van der Waals surface area contributed by atoms with Crippen LogP contribution in [0.2, 0.25) is 5.02 Å². The zero-order valence-corrected chi connectivity index (χ0v) is 20.9. The number of amides is 2. The Morgan fingerprint density at radius 2 is 1.57 bits per heavy atom. The van der Waals surface area contributed by atoms with Crippen molar-refractivity contribution < 1.29 is 19.3 Å². The number of nitrogens with zero attached hydrogens (tertiary/aromatic N) is 4. The molecule has 0 unspecified atom stereocenters. The second-order valence-electron chi connectivity index (χ2n) is 8.69. The number of hydrogen-bond donors (Lipinski definition) is 0. The second kappa shape index (κ2) is 12.4. The summed E-state index contributed by atoms with van der Waals surface area (Å²) in [7, 11) is 0. The molecule has 4 rings (SSSR count). The third kappa shape index (κ3) is 7.13. The smallest absolute Gasteiger partial charge is 0.269 e. The van der Waals surface area contributed by atoms with Crippen LogP contribution in [-0.2, 0) is 22.7 Å². The Kier molecular flexibility index (Phi) is 8.84. The minimum Gasteiger partial charge on any atom is -0.336 e. The number of hydroxylamine groups is 1. The number of carbonyl (C=O) groups excluding carboxylic acids is 2. The lowest BCUT2D eigenvalue weighted by Gasteiger charge is -2.34. The van der Waals surface area contributed by atoms with Crippen molar-refractivity contribution in [3.8, 4) is 0 Å². The maximum Gasteiger partial charge on any atom is 0.269 e. The number of non-ortho nitro benzene ring substituents is 1. The summed E-state index contributed by atoms with van der Waals surface area (Å²) in [5.74, 6) is -0.0478. The van der Waals surface area contributed by atoms with Crippen LogP contribution < -0.4 is 5.06 Å². The van der Waals surface area contributed by atoms with Crippen molar-refractivity contribution in [2.24, 2.45) is 0 Å². The van der Waals surface area contributed by atoms with Gasteiger partial charge in [-0.2, -0.15) is 5.06 Å². The molecule has 1 aliphatic rings. The summed E-state index contributed by atoms with van der Waals surface area (Å²) in [4.78, 5) is 44.6. The molecular formula is C27H27ClN4O5. The molecule has 1 heterocycles. The largest absolute Gasteiger partial charge is 0.336 e. The summed E-state index contributed by atoms with van der Waals surface area (Å²) in [5, 5.41) is 12.6. The van der Waals surface area contributed by atoms with Crippen LogP contribution in [-0.4, -0.2) is 59.8 Å². The van der Waals surface area contributed by atoms with Gasteiger partial charge in [0, 0.05) is 55.4 Å². The van der Waals surface area contributed by atoms with Crippen molar-refractivity contribution in [2.45, 2.75) is 13.0 Å². The molecule has 1 fully saturated rings. The number of hydrogen-bond acceptors (Lipinski definition) is 6. The fourth-order valence-corrected chi connectivity index (χ4v) is 4.20. The molecular weight excluding hydrogens is 496 g/mol. The van der Waals surface area contributed by atoms with Crippen LogP contribution in [0.15, 0.2) is 72.8 Å². The Hall–Kier alpha value is -3.79. The Morgan fingerprint density at radius 3 is 2.16 bits per heavy atom. The number of halogens is 1. The minimum absolute atomic E-state index is 0.0180. The van der Waals surface area contributed by atoms with Crippen LogP contribution in [0.3, 0.4) is 0 Å². The predicted molar refractivity (Wildman–Crippen MR) is 140 cm³/mol. The average Bonchev–Trinajstić information content (AvgIpc) is 2.93. The first-order valence-corrected chi connectivity index (χ1v) is 12.3. The van der Waals surface area contributed by atoms with Gasteiger partial charge in [-0.3, -0.25) is 29.4 Å². The molecule has 10 heteroatoms. The monoisotopic (exact) mass is 522 g/mol. The topological polar surface area (TPSA) is 96.2 Å². The summed E-state index contributed by atoms with van der Waals surface area (Å²) >= 11 is 5.95. The fraction of sp³-hybridized carbons (Fsp3) is 0.259. The van der Waals surface area contributed by atoms with E-state index in [0.717, 1.165) is 36.1 Å². The molecule has 1 saturated heterocycles. The minimum atomic E-state index is -0.478. The third-order valence-corrected chi connectivity index (χ3v) is 6.52. The number of rotatable bonds is 10. The maximum absolute atomic E-state index is 13.0. The first-order valence-electron chi connectivity index (χ1n) is 11.9. The highest BCUT2D eigenvalue weighted by atomic mass is 35.5. The zero-order valence-electron chi connectivity index (χ0n) is 20.2. The van der Waals surface area contributed by atoms with Gasteiger partial charge in [-0.05, 0) is 66.1 Å². The molecule has 37 heavy (non-hydrogen) atoms. The highest BCUT2D eigenvalue weighted by Gasteiger charge is 2.22. The lowest BCUT2D eigenvalue weighted by molar-refractivity contribution is -0.384. The molecule has 192 valence electrons. The SMILES string of the molecule is O=CN(OCc1ccc([N+](=O)[O-])cc1)c1ccc(C(=O)N2CCN(CCc3ccc(Cl)cc3)CC2)cc1. The Morgan fingerprint density at radius 1 is 0.946 bits per heavy atom. The number of anilines is 1. The van der Waals surface area contributed by atoms with Crippen molar-refractivity contribution in [3.05, 3.63) is 105 Å². The van der Waals surface area contributed by atoms with E-state index in [1.165, 1.54) is 17.7 Å². The van der Waals surface area contributed by atoms with Gasteiger partial charge in [0.05, 0.1) is 10.6 Å². The molecule has 0 atom stereocenters. The molecule has 0 radical (unpaired) electrons. The summed E-state index contributed by atoms with van der Waals surface area (Å²) in [6.07, 6.45) is 1.47. The number of nitro benzene ring substituents is 1. The zero-order chi connectivity index (χ0) is 26.2. The normalized spacial score (nSPS) is 13.8. The van der Waals surface area contributed by atoms with Crippen LogP contribution in [0, 0.1) is 10.1 Å². The molecule has 9 nitrogen and oxygen atoms in total. The van der Waals surface area contributed by atoms with Gasteiger partial charge in [-0.1, -0.05) is 23.7 Å². The van der Waals surface area contributed by atoms with E-state index in [9.17, 15) is 19.7 Å².